The Morgan fingerprint density at radius 2 is 1.75 bits per heavy atom. The van der Waals surface area contributed by atoms with Gasteiger partial charge in [-0.25, -0.2) is 8.42 Å². The first-order chi connectivity index (χ1) is 7.51. The van der Waals surface area contributed by atoms with Gasteiger partial charge in [-0.3, -0.25) is 0 Å². The highest BCUT2D eigenvalue weighted by Gasteiger charge is 2.25. The fourth-order valence-electron chi connectivity index (χ4n) is 1.99. The quantitative estimate of drug-likeness (QED) is 0.835. The number of hydrogen-bond donors (Lipinski definition) is 0. The molecule has 0 heterocycles. The predicted octanol–water partition coefficient (Wildman–Crippen LogP) is 3.68. The second-order valence-corrected chi connectivity index (χ2v) is 6.90. The van der Waals surface area contributed by atoms with Crippen molar-refractivity contribution in [2.75, 3.05) is 0 Å². The van der Waals surface area contributed by atoms with Gasteiger partial charge < -0.3 is 0 Å². The Balaban J connectivity index is 2.47. The minimum atomic E-state index is -3.25. The highest BCUT2D eigenvalue weighted by Crippen LogP contribution is 2.33. The summed E-state index contributed by atoms with van der Waals surface area (Å²) in [5.41, 5.74) is 1.02. The molecule has 2 nitrogen and oxygen atoms in total. The Morgan fingerprint density at radius 1 is 1.12 bits per heavy atom. The molecule has 0 aromatic heterocycles. The predicted molar refractivity (Wildman–Crippen MR) is 67.9 cm³/mol. The third-order valence-corrected chi connectivity index (χ3v) is 5.50. The molecular formula is C12H13BrO2S. The minimum Gasteiger partial charge on any atom is -0.219 e. The molecule has 1 aliphatic rings. The Bertz CT molecular complexity index is 527. The molecule has 0 amide bonds. The topological polar surface area (TPSA) is 34.1 Å². The Kier molecular flexibility index (Phi) is 3.22. The number of sulfone groups is 1. The first-order valence-corrected chi connectivity index (χ1v) is 7.49. The second-order valence-electron chi connectivity index (χ2n) is 4.01. The minimum absolute atomic E-state index is 0.395. The zero-order chi connectivity index (χ0) is 11.8. The zero-order valence-electron chi connectivity index (χ0n) is 9.03. The molecule has 4 heteroatoms. The van der Waals surface area contributed by atoms with E-state index in [1.165, 1.54) is 0 Å². The van der Waals surface area contributed by atoms with Gasteiger partial charge >= 0.3 is 0 Å². The van der Waals surface area contributed by atoms with E-state index in [0.29, 0.717) is 16.2 Å². The van der Waals surface area contributed by atoms with E-state index in [1.54, 1.807) is 24.3 Å². The van der Waals surface area contributed by atoms with Crippen molar-refractivity contribution in [1.82, 2.24) is 0 Å². The van der Waals surface area contributed by atoms with Crippen molar-refractivity contribution < 1.29 is 8.42 Å². The van der Waals surface area contributed by atoms with Crippen LogP contribution in [0.15, 0.2) is 44.1 Å². The monoisotopic (exact) mass is 300 g/mol. The van der Waals surface area contributed by atoms with Crippen LogP contribution < -0.4 is 0 Å². The molecule has 0 fully saturated rings. The van der Waals surface area contributed by atoms with Gasteiger partial charge in [-0.15, -0.1) is 0 Å². The van der Waals surface area contributed by atoms with E-state index < -0.39 is 9.84 Å². The van der Waals surface area contributed by atoms with Crippen molar-refractivity contribution in [1.29, 1.82) is 0 Å². The normalized spacial score (nSPS) is 16.9. The average Bonchev–Trinajstić information content (AvgIpc) is 2.66. The molecule has 1 aliphatic carbocycles. The molecule has 2 rings (SSSR count). The van der Waals surface area contributed by atoms with Gasteiger partial charge in [-0.2, -0.15) is 0 Å². The summed E-state index contributed by atoms with van der Waals surface area (Å²) in [5, 5.41) is 0. The summed E-state index contributed by atoms with van der Waals surface area (Å²) in [6, 6.07) is 6.82. The Labute approximate surface area is 104 Å². The SMILES string of the molecule is CC1=C(S(=O)(=O)c2ccc(Br)cc2)CCC1. The maximum atomic E-state index is 12.3. The molecule has 16 heavy (non-hydrogen) atoms. The number of hydrogen-bond acceptors (Lipinski definition) is 2. The third kappa shape index (κ3) is 2.09. The highest BCUT2D eigenvalue weighted by atomic mass is 79.9. The van der Waals surface area contributed by atoms with Crippen LogP contribution in [0, 0.1) is 0 Å². The lowest BCUT2D eigenvalue weighted by atomic mass is 10.3. The molecule has 0 saturated carbocycles. The average molecular weight is 301 g/mol. The molecular weight excluding hydrogens is 288 g/mol. The summed E-state index contributed by atoms with van der Waals surface area (Å²) >= 11 is 3.30. The maximum Gasteiger partial charge on any atom is 0.202 e. The number of halogens is 1. The molecule has 86 valence electrons. The van der Waals surface area contributed by atoms with Gasteiger partial charge in [-0.1, -0.05) is 21.5 Å². The fraction of sp³-hybridized carbons (Fsp3) is 0.333. The van der Waals surface area contributed by atoms with Crippen molar-refractivity contribution >= 4 is 25.8 Å². The largest absolute Gasteiger partial charge is 0.219 e. The first kappa shape index (κ1) is 11.9. The fourth-order valence-corrected chi connectivity index (χ4v) is 4.00. The number of allylic oxidation sites excluding steroid dienone is 2. The zero-order valence-corrected chi connectivity index (χ0v) is 11.4. The summed E-state index contributed by atoms with van der Waals surface area (Å²) in [5.74, 6) is 0. The van der Waals surface area contributed by atoms with Crippen LogP contribution in [-0.4, -0.2) is 8.42 Å². The van der Waals surface area contributed by atoms with E-state index in [2.05, 4.69) is 15.9 Å². The van der Waals surface area contributed by atoms with E-state index in [4.69, 9.17) is 0 Å². The van der Waals surface area contributed by atoms with Crippen LogP contribution in [0.2, 0.25) is 0 Å². The highest BCUT2D eigenvalue weighted by molar-refractivity contribution is 9.10. The lowest BCUT2D eigenvalue weighted by Gasteiger charge is -2.06. The van der Waals surface area contributed by atoms with Crippen molar-refractivity contribution in [3.63, 3.8) is 0 Å². The van der Waals surface area contributed by atoms with Gasteiger partial charge in [0.05, 0.1) is 4.90 Å². The Morgan fingerprint density at radius 3 is 2.25 bits per heavy atom. The van der Waals surface area contributed by atoms with Gasteiger partial charge in [-0.05, 0) is 50.5 Å². The smallest absolute Gasteiger partial charge is 0.202 e. The van der Waals surface area contributed by atoms with E-state index in [0.717, 1.165) is 22.9 Å². The Hall–Kier alpha value is -0.610. The summed E-state index contributed by atoms with van der Waals surface area (Å²) in [7, 11) is -3.25. The maximum absolute atomic E-state index is 12.3. The van der Waals surface area contributed by atoms with Gasteiger partial charge in [0.2, 0.25) is 9.84 Å². The molecule has 0 saturated heterocycles. The van der Waals surface area contributed by atoms with Gasteiger partial charge in [0.1, 0.15) is 0 Å². The number of benzene rings is 1. The second kappa shape index (κ2) is 4.34. The van der Waals surface area contributed by atoms with Crippen molar-refractivity contribution in [3.8, 4) is 0 Å². The molecule has 0 atom stereocenters. The van der Waals surface area contributed by atoms with Crippen molar-refractivity contribution in [2.24, 2.45) is 0 Å². The van der Waals surface area contributed by atoms with Gasteiger partial charge in [0.15, 0.2) is 0 Å². The number of rotatable bonds is 2. The molecule has 0 unspecified atom stereocenters. The molecule has 0 N–H and O–H groups in total. The van der Waals surface area contributed by atoms with E-state index in [-0.39, 0.29) is 0 Å². The molecule has 1 aromatic carbocycles. The molecule has 0 bridgehead atoms. The van der Waals surface area contributed by atoms with Crippen LogP contribution in [0.5, 0.6) is 0 Å². The molecule has 0 aliphatic heterocycles. The lowest BCUT2D eigenvalue weighted by molar-refractivity contribution is 0.600. The van der Waals surface area contributed by atoms with Crippen LogP contribution >= 0.6 is 15.9 Å². The molecule has 0 radical (unpaired) electrons. The standard InChI is InChI=1S/C12H13BrO2S/c1-9-3-2-4-12(9)16(14,15)11-7-5-10(13)6-8-11/h5-8H,2-4H2,1H3. The van der Waals surface area contributed by atoms with Crippen LogP contribution in [0.25, 0.3) is 0 Å². The third-order valence-electron chi connectivity index (χ3n) is 2.88. The van der Waals surface area contributed by atoms with Crippen LogP contribution in [0.3, 0.4) is 0 Å². The van der Waals surface area contributed by atoms with E-state index >= 15 is 0 Å². The summed E-state index contributed by atoms with van der Waals surface area (Å²) in [6.45, 7) is 1.92. The van der Waals surface area contributed by atoms with E-state index in [9.17, 15) is 8.42 Å². The van der Waals surface area contributed by atoms with Crippen molar-refractivity contribution in [2.45, 2.75) is 31.1 Å². The van der Waals surface area contributed by atoms with Gasteiger partial charge in [0.25, 0.3) is 0 Å². The van der Waals surface area contributed by atoms with Crippen LogP contribution in [-0.2, 0) is 9.84 Å². The first-order valence-electron chi connectivity index (χ1n) is 5.21. The summed E-state index contributed by atoms with van der Waals surface area (Å²) in [4.78, 5) is 1.02. The van der Waals surface area contributed by atoms with E-state index in [1.807, 2.05) is 6.92 Å². The van der Waals surface area contributed by atoms with Crippen LogP contribution in [0.1, 0.15) is 26.2 Å². The van der Waals surface area contributed by atoms with Crippen molar-refractivity contribution in [3.05, 3.63) is 39.2 Å². The molecule has 0 spiro atoms. The molecule has 1 aromatic rings. The summed E-state index contributed by atoms with van der Waals surface area (Å²) < 4.78 is 25.5. The lowest BCUT2D eigenvalue weighted by Crippen LogP contribution is -2.04. The van der Waals surface area contributed by atoms with Crippen LogP contribution in [0.4, 0.5) is 0 Å². The summed E-state index contributed by atoms with van der Waals surface area (Å²) in [6.07, 6.45) is 2.55. The van der Waals surface area contributed by atoms with Gasteiger partial charge in [0, 0.05) is 9.38 Å².